The number of halogens is 1. The summed E-state index contributed by atoms with van der Waals surface area (Å²) in [5, 5.41) is 7.58. The van der Waals surface area contributed by atoms with Crippen LogP contribution in [0.5, 0.6) is 0 Å². The molecule has 0 saturated carbocycles. The fourth-order valence-corrected chi connectivity index (χ4v) is 2.03. The third kappa shape index (κ3) is 6.06. The quantitative estimate of drug-likeness (QED) is 0.704. The molecule has 2 aromatic rings. The summed E-state index contributed by atoms with van der Waals surface area (Å²) in [4.78, 5) is 34.8. The summed E-state index contributed by atoms with van der Waals surface area (Å²) in [6.45, 7) is 1.43. The van der Waals surface area contributed by atoms with Gasteiger partial charge in [0.05, 0.1) is 6.54 Å². The summed E-state index contributed by atoms with van der Waals surface area (Å²) >= 11 is 0. The molecule has 0 heterocycles. The molecule has 3 N–H and O–H groups in total. The molecule has 2 aromatic carbocycles. The Kier molecular flexibility index (Phi) is 6.22. The molecule has 0 fully saturated rings. The molecule has 0 saturated heterocycles. The minimum Gasteiger partial charge on any atom is -0.334 e. The van der Waals surface area contributed by atoms with Gasteiger partial charge in [0.15, 0.2) is 5.78 Å². The number of amides is 3. The van der Waals surface area contributed by atoms with E-state index >= 15 is 0 Å². The Bertz CT molecular complexity index is 775. The lowest BCUT2D eigenvalue weighted by Gasteiger charge is -2.09. The number of ketones is 1. The zero-order valence-corrected chi connectivity index (χ0v) is 13.6. The summed E-state index contributed by atoms with van der Waals surface area (Å²) in [5.74, 6) is -0.870. The lowest BCUT2D eigenvalue weighted by Crippen LogP contribution is -2.39. The first-order valence-electron chi connectivity index (χ1n) is 7.61. The second kappa shape index (κ2) is 8.58. The van der Waals surface area contributed by atoms with Crippen molar-refractivity contribution in [2.75, 3.05) is 11.9 Å². The zero-order chi connectivity index (χ0) is 18.2. The molecular formula is C18H18FN3O3. The van der Waals surface area contributed by atoms with E-state index in [1.165, 1.54) is 19.1 Å². The van der Waals surface area contributed by atoms with Crippen LogP contribution in [0, 0.1) is 5.82 Å². The van der Waals surface area contributed by atoms with Crippen LogP contribution in [-0.4, -0.2) is 24.3 Å². The van der Waals surface area contributed by atoms with E-state index in [-0.39, 0.29) is 24.7 Å². The molecule has 0 aromatic heterocycles. The molecule has 0 unspecified atom stereocenters. The molecule has 6 nitrogen and oxygen atoms in total. The number of carbonyl (C=O) groups excluding carboxylic acids is 3. The SMILES string of the molecule is CC(=O)c1cccc(NC(=O)CNC(=O)NCc2ccc(F)cc2)c1. The van der Waals surface area contributed by atoms with Crippen LogP contribution in [0.1, 0.15) is 22.8 Å². The van der Waals surface area contributed by atoms with Gasteiger partial charge < -0.3 is 16.0 Å². The molecule has 0 bridgehead atoms. The van der Waals surface area contributed by atoms with E-state index in [0.29, 0.717) is 11.3 Å². The van der Waals surface area contributed by atoms with Crippen molar-refractivity contribution in [1.82, 2.24) is 10.6 Å². The van der Waals surface area contributed by atoms with Gasteiger partial charge >= 0.3 is 6.03 Å². The summed E-state index contributed by atoms with van der Waals surface area (Å²) in [5.41, 5.74) is 1.70. The van der Waals surface area contributed by atoms with Gasteiger partial charge in [0.1, 0.15) is 5.82 Å². The van der Waals surface area contributed by atoms with Gasteiger partial charge in [-0.2, -0.15) is 0 Å². The molecule has 2 rings (SSSR count). The van der Waals surface area contributed by atoms with Crippen LogP contribution in [0.25, 0.3) is 0 Å². The second-order valence-corrected chi connectivity index (χ2v) is 5.35. The highest BCUT2D eigenvalue weighted by atomic mass is 19.1. The smallest absolute Gasteiger partial charge is 0.315 e. The number of Topliss-reactive ketones (excluding diaryl/α,β-unsaturated/α-hetero) is 1. The number of anilines is 1. The van der Waals surface area contributed by atoms with Gasteiger partial charge in [-0.15, -0.1) is 0 Å². The number of carbonyl (C=O) groups is 3. The topological polar surface area (TPSA) is 87.3 Å². The summed E-state index contributed by atoms with van der Waals surface area (Å²) in [6.07, 6.45) is 0. The normalized spacial score (nSPS) is 10.0. The van der Waals surface area contributed by atoms with E-state index in [2.05, 4.69) is 16.0 Å². The maximum absolute atomic E-state index is 12.8. The van der Waals surface area contributed by atoms with E-state index in [1.54, 1.807) is 36.4 Å². The van der Waals surface area contributed by atoms with Crippen molar-refractivity contribution in [2.24, 2.45) is 0 Å². The Morgan fingerprint density at radius 1 is 1.00 bits per heavy atom. The van der Waals surface area contributed by atoms with Gasteiger partial charge in [-0.1, -0.05) is 24.3 Å². The number of hydrogen-bond acceptors (Lipinski definition) is 3. The fraction of sp³-hybridized carbons (Fsp3) is 0.167. The van der Waals surface area contributed by atoms with Gasteiger partial charge in [0.25, 0.3) is 0 Å². The fourth-order valence-electron chi connectivity index (χ4n) is 2.03. The average Bonchev–Trinajstić information content (AvgIpc) is 2.59. The Balaban J connectivity index is 1.75. The zero-order valence-electron chi connectivity index (χ0n) is 13.6. The Hall–Kier alpha value is -3.22. The molecule has 0 radical (unpaired) electrons. The van der Waals surface area contributed by atoms with E-state index < -0.39 is 11.9 Å². The average molecular weight is 343 g/mol. The summed E-state index contributed by atoms with van der Waals surface area (Å²) in [7, 11) is 0. The molecule has 0 aliphatic carbocycles. The highest BCUT2D eigenvalue weighted by molar-refractivity contribution is 5.98. The standard InChI is InChI=1S/C18H18FN3O3/c1-12(23)14-3-2-4-16(9-14)22-17(24)11-21-18(25)20-10-13-5-7-15(19)8-6-13/h2-9H,10-11H2,1H3,(H,22,24)(H2,20,21,25). The van der Waals surface area contributed by atoms with Gasteiger partial charge in [0, 0.05) is 17.8 Å². The highest BCUT2D eigenvalue weighted by Gasteiger charge is 2.07. The van der Waals surface area contributed by atoms with Crippen molar-refractivity contribution < 1.29 is 18.8 Å². The van der Waals surface area contributed by atoms with Crippen LogP contribution in [0.15, 0.2) is 48.5 Å². The van der Waals surface area contributed by atoms with E-state index in [4.69, 9.17) is 0 Å². The third-order valence-electron chi connectivity index (χ3n) is 3.33. The Morgan fingerprint density at radius 3 is 2.40 bits per heavy atom. The first-order valence-corrected chi connectivity index (χ1v) is 7.61. The Labute approximate surface area is 144 Å². The van der Waals surface area contributed by atoms with Crippen molar-refractivity contribution in [2.45, 2.75) is 13.5 Å². The molecule has 3 amide bonds. The molecular weight excluding hydrogens is 325 g/mol. The van der Waals surface area contributed by atoms with Crippen LogP contribution in [0.2, 0.25) is 0 Å². The number of urea groups is 1. The monoisotopic (exact) mass is 343 g/mol. The molecule has 25 heavy (non-hydrogen) atoms. The van der Waals surface area contributed by atoms with Crippen molar-refractivity contribution >= 4 is 23.4 Å². The molecule has 0 aliphatic rings. The van der Waals surface area contributed by atoms with Crippen molar-refractivity contribution in [3.63, 3.8) is 0 Å². The maximum Gasteiger partial charge on any atom is 0.315 e. The van der Waals surface area contributed by atoms with E-state index in [1.807, 2.05) is 0 Å². The number of hydrogen-bond donors (Lipinski definition) is 3. The lowest BCUT2D eigenvalue weighted by atomic mass is 10.1. The van der Waals surface area contributed by atoms with Crippen molar-refractivity contribution in [3.8, 4) is 0 Å². The van der Waals surface area contributed by atoms with Crippen molar-refractivity contribution in [1.29, 1.82) is 0 Å². The first-order chi connectivity index (χ1) is 11.9. The first kappa shape index (κ1) is 18.1. The minimum absolute atomic E-state index is 0.102. The van der Waals surface area contributed by atoms with Crippen molar-refractivity contribution in [3.05, 3.63) is 65.5 Å². The lowest BCUT2D eigenvalue weighted by molar-refractivity contribution is -0.115. The predicted molar refractivity (Wildman–Crippen MR) is 91.7 cm³/mol. The van der Waals surface area contributed by atoms with Gasteiger partial charge in [-0.05, 0) is 36.8 Å². The Morgan fingerprint density at radius 2 is 1.72 bits per heavy atom. The molecule has 0 spiro atoms. The number of nitrogens with one attached hydrogen (secondary N) is 3. The van der Waals surface area contributed by atoms with Crippen LogP contribution in [0.3, 0.4) is 0 Å². The molecule has 0 aliphatic heterocycles. The van der Waals surface area contributed by atoms with Crippen LogP contribution in [0.4, 0.5) is 14.9 Å². The van der Waals surface area contributed by atoms with Gasteiger partial charge in [0.2, 0.25) is 5.91 Å². The largest absolute Gasteiger partial charge is 0.334 e. The number of rotatable bonds is 6. The third-order valence-corrected chi connectivity index (χ3v) is 3.33. The van der Waals surface area contributed by atoms with Crippen LogP contribution < -0.4 is 16.0 Å². The highest BCUT2D eigenvalue weighted by Crippen LogP contribution is 2.10. The molecule has 7 heteroatoms. The van der Waals surface area contributed by atoms with Gasteiger partial charge in [-0.3, -0.25) is 9.59 Å². The summed E-state index contributed by atoms with van der Waals surface area (Å²) in [6, 6.07) is 11.7. The van der Waals surface area contributed by atoms with E-state index in [9.17, 15) is 18.8 Å². The maximum atomic E-state index is 12.8. The molecule has 130 valence electrons. The number of benzene rings is 2. The summed E-state index contributed by atoms with van der Waals surface area (Å²) < 4.78 is 12.8. The van der Waals surface area contributed by atoms with Crippen LogP contribution >= 0.6 is 0 Å². The second-order valence-electron chi connectivity index (χ2n) is 5.35. The van der Waals surface area contributed by atoms with Gasteiger partial charge in [-0.25, -0.2) is 9.18 Å². The van der Waals surface area contributed by atoms with E-state index in [0.717, 1.165) is 5.56 Å². The minimum atomic E-state index is -0.517. The van der Waals surface area contributed by atoms with Crippen LogP contribution in [-0.2, 0) is 11.3 Å². The molecule has 0 atom stereocenters. The predicted octanol–water partition coefficient (Wildman–Crippen LogP) is 2.47.